The van der Waals surface area contributed by atoms with Crippen LogP contribution in [0.1, 0.15) is 15.9 Å². The summed E-state index contributed by atoms with van der Waals surface area (Å²) in [7, 11) is 0. The molecule has 0 aliphatic heterocycles. The summed E-state index contributed by atoms with van der Waals surface area (Å²) >= 11 is 1.25. The third kappa shape index (κ3) is 4.25. The van der Waals surface area contributed by atoms with Gasteiger partial charge in [-0.15, -0.1) is 11.3 Å². The number of carbonyl (C=O) groups excluding carboxylic acids is 1. The highest BCUT2D eigenvalue weighted by molar-refractivity contribution is 7.21. The SMILES string of the molecule is O=C(/C=C/c1ccc2nc(-c3cc(F)cc(F)c3)sc2c1)c1cc(F)cc(F)c1. The van der Waals surface area contributed by atoms with Crippen molar-refractivity contribution in [1.29, 1.82) is 0 Å². The van der Waals surface area contributed by atoms with Crippen molar-refractivity contribution in [2.24, 2.45) is 0 Å². The molecule has 29 heavy (non-hydrogen) atoms. The molecule has 4 rings (SSSR count). The second-order valence-electron chi connectivity index (χ2n) is 6.26. The summed E-state index contributed by atoms with van der Waals surface area (Å²) in [6.45, 7) is 0. The van der Waals surface area contributed by atoms with Crippen LogP contribution in [0.3, 0.4) is 0 Å². The monoisotopic (exact) mass is 413 g/mol. The Morgan fingerprint density at radius 2 is 1.45 bits per heavy atom. The fraction of sp³-hybridized carbons (Fsp3) is 0. The van der Waals surface area contributed by atoms with Crippen LogP contribution in [0.15, 0.2) is 60.7 Å². The van der Waals surface area contributed by atoms with Gasteiger partial charge in [0.25, 0.3) is 0 Å². The number of fused-ring (bicyclic) bond motifs is 1. The molecule has 1 aromatic heterocycles. The van der Waals surface area contributed by atoms with E-state index in [4.69, 9.17) is 0 Å². The Kier molecular flexibility index (Phi) is 4.98. The van der Waals surface area contributed by atoms with Crippen molar-refractivity contribution in [3.8, 4) is 10.6 Å². The Bertz CT molecular complexity index is 1240. The van der Waals surface area contributed by atoms with Crippen LogP contribution in [-0.2, 0) is 0 Å². The van der Waals surface area contributed by atoms with Gasteiger partial charge in [-0.05, 0) is 48.0 Å². The summed E-state index contributed by atoms with van der Waals surface area (Å²) in [5.41, 5.74) is 1.56. The van der Waals surface area contributed by atoms with E-state index in [1.54, 1.807) is 18.2 Å². The lowest BCUT2D eigenvalue weighted by atomic mass is 10.1. The van der Waals surface area contributed by atoms with Gasteiger partial charge >= 0.3 is 0 Å². The van der Waals surface area contributed by atoms with Gasteiger partial charge in [-0.2, -0.15) is 0 Å². The summed E-state index contributed by atoms with van der Waals surface area (Å²) < 4.78 is 54.2. The third-order valence-corrected chi connectivity index (χ3v) is 5.16. The minimum absolute atomic E-state index is 0.0898. The van der Waals surface area contributed by atoms with E-state index in [1.807, 2.05) is 0 Å². The first-order valence-electron chi connectivity index (χ1n) is 8.43. The molecular weight excluding hydrogens is 402 g/mol. The van der Waals surface area contributed by atoms with Gasteiger partial charge < -0.3 is 0 Å². The lowest BCUT2D eigenvalue weighted by molar-refractivity contribution is 0.104. The van der Waals surface area contributed by atoms with Crippen molar-refractivity contribution < 1.29 is 22.4 Å². The predicted octanol–water partition coefficient (Wildman–Crippen LogP) is 6.42. The van der Waals surface area contributed by atoms with E-state index in [2.05, 4.69) is 4.98 Å². The number of benzene rings is 3. The van der Waals surface area contributed by atoms with Crippen LogP contribution in [-0.4, -0.2) is 10.8 Å². The average Bonchev–Trinajstić information content (AvgIpc) is 3.08. The van der Waals surface area contributed by atoms with Crippen LogP contribution in [0.5, 0.6) is 0 Å². The molecule has 0 aliphatic rings. The van der Waals surface area contributed by atoms with Crippen LogP contribution in [0.2, 0.25) is 0 Å². The zero-order chi connectivity index (χ0) is 20.5. The Balaban J connectivity index is 1.62. The number of rotatable bonds is 4. The molecule has 3 aromatic carbocycles. The zero-order valence-corrected chi connectivity index (χ0v) is 15.4. The van der Waals surface area contributed by atoms with Gasteiger partial charge in [0, 0.05) is 23.3 Å². The molecule has 0 amide bonds. The minimum Gasteiger partial charge on any atom is -0.289 e. The van der Waals surface area contributed by atoms with E-state index in [0.717, 1.165) is 22.9 Å². The van der Waals surface area contributed by atoms with Crippen molar-refractivity contribution in [3.63, 3.8) is 0 Å². The van der Waals surface area contributed by atoms with Crippen LogP contribution < -0.4 is 0 Å². The van der Waals surface area contributed by atoms with Crippen LogP contribution in [0.4, 0.5) is 17.6 Å². The lowest BCUT2D eigenvalue weighted by Gasteiger charge is -1.98. The Morgan fingerprint density at radius 3 is 2.10 bits per heavy atom. The van der Waals surface area contributed by atoms with Gasteiger partial charge in [-0.1, -0.05) is 12.1 Å². The molecule has 0 N–H and O–H groups in total. The first-order chi connectivity index (χ1) is 13.9. The number of aromatic nitrogens is 1. The topological polar surface area (TPSA) is 30.0 Å². The lowest BCUT2D eigenvalue weighted by Crippen LogP contribution is -1.96. The minimum atomic E-state index is -0.825. The van der Waals surface area contributed by atoms with E-state index < -0.39 is 29.1 Å². The normalized spacial score (nSPS) is 11.4. The highest BCUT2D eigenvalue weighted by Crippen LogP contribution is 2.31. The molecule has 2 nitrogen and oxygen atoms in total. The summed E-state index contributed by atoms with van der Waals surface area (Å²) in [5.74, 6) is -3.56. The summed E-state index contributed by atoms with van der Waals surface area (Å²) in [6, 6.07) is 11.0. The van der Waals surface area contributed by atoms with E-state index in [9.17, 15) is 22.4 Å². The molecule has 7 heteroatoms. The van der Waals surface area contributed by atoms with Crippen LogP contribution in [0, 0.1) is 23.3 Å². The fourth-order valence-corrected chi connectivity index (χ4v) is 3.81. The molecule has 1 heterocycles. The molecule has 0 radical (unpaired) electrons. The van der Waals surface area contributed by atoms with E-state index >= 15 is 0 Å². The van der Waals surface area contributed by atoms with Gasteiger partial charge in [-0.25, -0.2) is 22.5 Å². The number of hydrogen-bond donors (Lipinski definition) is 0. The molecule has 0 bridgehead atoms. The molecule has 0 fully saturated rings. The van der Waals surface area contributed by atoms with Crippen molar-refractivity contribution in [2.75, 3.05) is 0 Å². The molecule has 4 aromatic rings. The molecule has 144 valence electrons. The maximum absolute atomic E-state index is 13.4. The summed E-state index contributed by atoms with van der Waals surface area (Å²) in [5, 5.41) is 0.464. The van der Waals surface area contributed by atoms with Gasteiger partial charge in [-0.3, -0.25) is 4.79 Å². The molecule has 0 saturated carbocycles. The molecular formula is C22H11F4NOS. The van der Waals surface area contributed by atoms with E-state index in [-0.39, 0.29) is 5.56 Å². The van der Waals surface area contributed by atoms with Gasteiger partial charge in [0.05, 0.1) is 10.2 Å². The highest BCUT2D eigenvalue weighted by Gasteiger charge is 2.10. The molecule has 0 saturated heterocycles. The van der Waals surface area contributed by atoms with Crippen LogP contribution in [0.25, 0.3) is 26.9 Å². The predicted molar refractivity (Wildman–Crippen MR) is 105 cm³/mol. The van der Waals surface area contributed by atoms with Crippen molar-refractivity contribution in [3.05, 3.63) is 95.1 Å². The Labute approximate surface area is 166 Å². The fourth-order valence-electron chi connectivity index (χ4n) is 2.81. The Hall–Kier alpha value is -3.32. The summed E-state index contributed by atoms with van der Waals surface area (Å²) in [6.07, 6.45) is 2.74. The molecule has 0 unspecified atom stereocenters. The first kappa shape index (κ1) is 19.0. The number of thiazole rings is 1. The Morgan fingerprint density at radius 1 is 0.828 bits per heavy atom. The van der Waals surface area contributed by atoms with Gasteiger partial charge in [0.2, 0.25) is 0 Å². The number of halogens is 4. The largest absolute Gasteiger partial charge is 0.289 e. The maximum atomic E-state index is 13.4. The standard InChI is InChI=1S/C22H11F4NOS/c23-15-6-13(7-16(24)10-15)20(28)4-2-12-1-3-19-21(5-12)29-22(27-19)14-8-17(25)11-18(26)9-14/h1-11H/b4-2+. The van der Waals surface area contributed by atoms with Crippen molar-refractivity contribution >= 4 is 33.4 Å². The first-order valence-corrected chi connectivity index (χ1v) is 9.24. The van der Waals surface area contributed by atoms with Crippen LogP contribution >= 0.6 is 11.3 Å². The number of hydrogen-bond acceptors (Lipinski definition) is 3. The zero-order valence-electron chi connectivity index (χ0n) is 14.6. The average molecular weight is 413 g/mol. The van der Waals surface area contributed by atoms with Gasteiger partial charge in [0.1, 0.15) is 28.3 Å². The van der Waals surface area contributed by atoms with Crippen molar-refractivity contribution in [2.45, 2.75) is 0 Å². The molecule has 0 aliphatic carbocycles. The smallest absolute Gasteiger partial charge is 0.186 e. The highest BCUT2D eigenvalue weighted by atomic mass is 32.1. The quantitative estimate of drug-likeness (QED) is 0.220. The van der Waals surface area contributed by atoms with E-state index in [1.165, 1.54) is 35.6 Å². The van der Waals surface area contributed by atoms with E-state index in [0.29, 0.717) is 27.7 Å². The summed E-state index contributed by atoms with van der Waals surface area (Å²) in [4.78, 5) is 16.5. The second kappa shape index (κ2) is 7.60. The maximum Gasteiger partial charge on any atom is 0.186 e. The number of carbonyl (C=O) groups is 1. The van der Waals surface area contributed by atoms with Gasteiger partial charge in [0.15, 0.2) is 5.78 Å². The van der Waals surface area contributed by atoms with Crippen molar-refractivity contribution in [1.82, 2.24) is 4.98 Å². The number of allylic oxidation sites excluding steroid dienone is 1. The number of nitrogens with zero attached hydrogens (tertiary/aromatic N) is 1. The molecule has 0 atom stereocenters. The second-order valence-corrected chi connectivity index (χ2v) is 7.29. The third-order valence-electron chi connectivity index (χ3n) is 4.10. The molecule has 0 spiro atoms. The number of ketones is 1.